The van der Waals surface area contributed by atoms with Gasteiger partial charge in [0.15, 0.2) is 0 Å². The van der Waals surface area contributed by atoms with Gasteiger partial charge in [0.2, 0.25) is 10.0 Å². The first-order valence-electron chi connectivity index (χ1n) is 6.51. The number of nitrogens with zero attached hydrogens (tertiary/aromatic N) is 1. The number of hydrogen-bond acceptors (Lipinski definition) is 3. The summed E-state index contributed by atoms with van der Waals surface area (Å²) >= 11 is 0. The van der Waals surface area contributed by atoms with Gasteiger partial charge in [-0.1, -0.05) is 36.4 Å². The molecule has 1 aromatic heterocycles. The zero-order valence-electron chi connectivity index (χ0n) is 11.2. The Hall–Kier alpha value is -2.40. The molecular formula is C16H14N2O2S. The van der Waals surface area contributed by atoms with Gasteiger partial charge in [-0.15, -0.1) is 0 Å². The smallest absolute Gasteiger partial charge is 0.236 e. The number of hydrogen-bond donors (Lipinski definition) is 1. The van der Waals surface area contributed by atoms with Gasteiger partial charge in [0.25, 0.3) is 0 Å². The van der Waals surface area contributed by atoms with Gasteiger partial charge in [0.05, 0.1) is 5.75 Å². The van der Waals surface area contributed by atoms with Crippen LogP contribution in [0.5, 0.6) is 0 Å². The van der Waals surface area contributed by atoms with Crippen molar-refractivity contribution in [2.75, 3.05) is 4.72 Å². The number of anilines is 1. The Morgan fingerprint density at radius 1 is 0.952 bits per heavy atom. The third kappa shape index (κ3) is 3.38. The number of benzene rings is 2. The van der Waals surface area contributed by atoms with E-state index in [1.165, 1.54) is 0 Å². The van der Waals surface area contributed by atoms with E-state index in [0.29, 0.717) is 5.69 Å². The molecule has 0 atom stereocenters. The SMILES string of the molecule is O=S(=O)(Cc1ccccc1)Nc1ccc2cnccc2c1. The summed E-state index contributed by atoms with van der Waals surface area (Å²) < 4.78 is 27.0. The normalized spacial score (nSPS) is 11.4. The van der Waals surface area contributed by atoms with Crippen molar-refractivity contribution in [1.82, 2.24) is 4.98 Å². The Kier molecular flexibility index (Phi) is 3.58. The molecule has 0 fully saturated rings. The fourth-order valence-electron chi connectivity index (χ4n) is 2.16. The van der Waals surface area contributed by atoms with Crippen molar-refractivity contribution < 1.29 is 8.42 Å². The van der Waals surface area contributed by atoms with Crippen LogP contribution in [0.2, 0.25) is 0 Å². The highest BCUT2D eigenvalue weighted by molar-refractivity contribution is 7.91. The first-order chi connectivity index (χ1) is 10.1. The van der Waals surface area contributed by atoms with Gasteiger partial charge in [0, 0.05) is 23.5 Å². The average Bonchev–Trinajstić information content (AvgIpc) is 2.47. The van der Waals surface area contributed by atoms with E-state index < -0.39 is 10.0 Å². The number of aromatic nitrogens is 1. The maximum absolute atomic E-state index is 12.2. The third-order valence-corrected chi connectivity index (χ3v) is 4.37. The minimum atomic E-state index is -3.42. The minimum Gasteiger partial charge on any atom is -0.283 e. The van der Waals surface area contributed by atoms with Crippen LogP contribution in [0.1, 0.15) is 5.56 Å². The van der Waals surface area contributed by atoms with Gasteiger partial charge in [0.1, 0.15) is 0 Å². The van der Waals surface area contributed by atoms with E-state index in [0.717, 1.165) is 16.3 Å². The van der Waals surface area contributed by atoms with Crippen LogP contribution in [0.25, 0.3) is 10.8 Å². The molecule has 0 bridgehead atoms. The molecule has 2 aromatic carbocycles. The minimum absolute atomic E-state index is 0.0395. The van der Waals surface area contributed by atoms with Crippen molar-refractivity contribution in [3.63, 3.8) is 0 Å². The van der Waals surface area contributed by atoms with Gasteiger partial charge in [-0.05, 0) is 29.1 Å². The van der Waals surface area contributed by atoms with Gasteiger partial charge < -0.3 is 0 Å². The standard InChI is InChI=1S/C16H14N2O2S/c19-21(20,12-13-4-2-1-3-5-13)18-16-7-6-15-11-17-9-8-14(15)10-16/h1-11,18H,12H2. The second kappa shape index (κ2) is 5.54. The quantitative estimate of drug-likeness (QED) is 0.805. The largest absolute Gasteiger partial charge is 0.283 e. The molecule has 0 aliphatic heterocycles. The molecule has 1 heterocycles. The number of pyridine rings is 1. The summed E-state index contributed by atoms with van der Waals surface area (Å²) in [4.78, 5) is 4.03. The summed E-state index contributed by atoms with van der Waals surface area (Å²) in [6, 6.07) is 16.4. The molecule has 0 radical (unpaired) electrons. The molecule has 3 aromatic rings. The Bertz CT molecular complexity index is 862. The van der Waals surface area contributed by atoms with Crippen LogP contribution >= 0.6 is 0 Å². The molecule has 0 unspecified atom stereocenters. The predicted molar refractivity (Wildman–Crippen MR) is 84.4 cm³/mol. The number of sulfonamides is 1. The van der Waals surface area contributed by atoms with Crippen molar-refractivity contribution in [3.8, 4) is 0 Å². The van der Waals surface area contributed by atoms with Crippen molar-refractivity contribution in [1.29, 1.82) is 0 Å². The van der Waals surface area contributed by atoms with Gasteiger partial charge in [-0.2, -0.15) is 0 Å². The summed E-state index contributed by atoms with van der Waals surface area (Å²) in [5.41, 5.74) is 1.32. The number of fused-ring (bicyclic) bond motifs is 1. The van der Waals surface area contributed by atoms with E-state index in [4.69, 9.17) is 0 Å². The molecule has 0 saturated carbocycles. The zero-order valence-corrected chi connectivity index (χ0v) is 12.0. The summed E-state index contributed by atoms with van der Waals surface area (Å²) in [5.74, 6) is -0.0395. The fourth-order valence-corrected chi connectivity index (χ4v) is 3.35. The van der Waals surface area contributed by atoms with Crippen LogP contribution in [-0.4, -0.2) is 13.4 Å². The molecule has 5 heteroatoms. The lowest BCUT2D eigenvalue weighted by atomic mass is 10.2. The van der Waals surface area contributed by atoms with E-state index in [1.807, 2.05) is 30.3 Å². The van der Waals surface area contributed by atoms with E-state index in [-0.39, 0.29) is 5.75 Å². The first kappa shape index (κ1) is 13.6. The van der Waals surface area contributed by atoms with Crippen molar-refractivity contribution in [2.24, 2.45) is 0 Å². The number of nitrogens with one attached hydrogen (secondary N) is 1. The van der Waals surface area contributed by atoms with Crippen LogP contribution in [-0.2, 0) is 15.8 Å². The van der Waals surface area contributed by atoms with E-state index >= 15 is 0 Å². The molecule has 0 aliphatic rings. The Morgan fingerprint density at radius 3 is 2.57 bits per heavy atom. The zero-order chi connectivity index (χ0) is 14.7. The molecule has 106 valence electrons. The summed E-state index contributed by atoms with van der Waals surface area (Å²) in [5, 5.41) is 1.92. The monoisotopic (exact) mass is 298 g/mol. The summed E-state index contributed by atoms with van der Waals surface area (Å²) in [6.45, 7) is 0. The second-order valence-corrected chi connectivity index (χ2v) is 6.51. The summed E-state index contributed by atoms with van der Waals surface area (Å²) in [7, 11) is -3.42. The van der Waals surface area contributed by atoms with Crippen LogP contribution in [0.4, 0.5) is 5.69 Å². The van der Waals surface area contributed by atoms with Crippen molar-refractivity contribution in [2.45, 2.75) is 5.75 Å². The first-order valence-corrected chi connectivity index (χ1v) is 8.16. The molecule has 4 nitrogen and oxygen atoms in total. The molecule has 0 saturated heterocycles. The molecule has 0 spiro atoms. The summed E-state index contributed by atoms with van der Waals surface area (Å²) in [6.07, 6.45) is 3.43. The highest BCUT2D eigenvalue weighted by Crippen LogP contribution is 2.19. The van der Waals surface area contributed by atoms with E-state index in [1.54, 1.807) is 36.7 Å². The van der Waals surface area contributed by atoms with E-state index in [2.05, 4.69) is 9.71 Å². The predicted octanol–water partition coefficient (Wildman–Crippen LogP) is 3.18. The fraction of sp³-hybridized carbons (Fsp3) is 0.0625. The van der Waals surface area contributed by atoms with Crippen molar-refractivity contribution in [3.05, 3.63) is 72.6 Å². The highest BCUT2D eigenvalue weighted by atomic mass is 32.2. The van der Waals surface area contributed by atoms with Crippen LogP contribution in [0.3, 0.4) is 0 Å². The number of rotatable bonds is 4. The van der Waals surface area contributed by atoms with Gasteiger partial charge >= 0.3 is 0 Å². The Labute approximate surface area is 123 Å². The van der Waals surface area contributed by atoms with Gasteiger partial charge in [-0.25, -0.2) is 8.42 Å². The molecule has 3 rings (SSSR count). The Balaban J connectivity index is 1.83. The third-order valence-electron chi connectivity index (χ3n) is 3.11. The lowest BCUT2D eigenvalue weighted by molar-refractivity contribution is 0.600. The maximum atomic E-state index is 12.2. The molecular weight excluding hydrogens is 284 g/mol. The molecule has 1 N–H and O–H groups in total. The van der Waals surface area contributed by atoms with Crippen LogP contribution in [0, 0.1) is 0 Å². The lowest BCUT2D eigenvalue weighted by Gasteiger charge is -2.09. The van der Waals surface area contributed by atoms with Crippen molar-refractivity contribution >= 4 is 26.5 Å². The van der Waals surface area contributed by atoms with Gasteiger partial charge in [-0.3, -0.25) is 9.71 Å². The van der Waals surface area contributed by atoms with Crippen LogP contribution in [0.15, 0.2) is 67.0 Å². The van der Waals surface area contributed by atoms with Crippen LogP contribution < -0.4 is 4.72 Å². The Morgan fingerprint density at radius 2 is 1.76 bits per heavy atom. The second-order valence-electron chi connectivity index (χ2n) is 4.78. The van der Waals surface area contributed by atoms with E-state index in [9.17, 15) is 8.42 Å². The maximum Gasteiger partial charge on any atom is 0.236 e. The topological polar surface area (TPSA) is 59.1 Å². The average molecular weight is 298 g/mol. The highest BCUT2D eigenvalue weighted by Gasteiger charge is 2.11. The molecule has 0 amide bonds. The molecule has 0 aliphatic carbocycles. The molecule has 21 heavy (non-hydrogen) atoms. The lowest BCUT2D eigenvalue weighted by Crippen LogP contribution is -2.14.